The summed E-state index contributed by atoms with van der Waals surface area (Å²) >= 11 is 0. The molecular formula is C14H19N3O2. The van der Waals surface area contributed by atoms with E-state index in [1.165, 1.54) is 4.90 Å². The lowest BCUT2D eigenvalue weighted by atomic mass is 10.1. The van der Waals surface area contributed by atoms with Crippen molar-refractivity contribution < 1.29 is 9.59 Å². The van der Waals surface area contributed by atoms with E-state index >= 15 is 0 Å². The Morgan fingerprint density at radius 2 is 2.05 bits per heavy atom. The van der Waals surface area contributed by atoms with Crippen LogP contribution in [-0.4, -0.2) is 36.9 Å². The van der Waals surface area contributed by atoms with E-state index < -0.39 is 0 Å². The maximum Gasteiger partial charge on any atom is 0.258 e. The molecule has 2 amide bonds. The van der Waals surface area contributed by atoms with Crippen LogP contribution in [-0.2, 0) is 4.79 Å². The summed E-state index contributed by atoms with van der Waals surface area (Å²) in [6, 6.07) is 5.20. The van der Waals surface area contributed by atoms with Gasteiger partial charge in [-0.1, -0.05) is 19.4 Å². The molecule has 0 saturated heterocycles. The highest BCUT2D eigenvalue weighted by Crippen LogP contribution is 2.29. The van der Waals surface area contributed by atoms with Gasteiger partial charge in [-0.15, -0.1) is 0 Å². The highest BCUT2D eigenvalue weighted by molar-refractivity contribution is 6.12. The van der Waals surface area contributed by atoms with Crippen LogP contribution < -0.4 is 10.6 Å². The Labute approximate surface area is 113 Å². The van der Waals surface area contributed by atoms with Gasteiger partial charge in [0.25, 0.3) is 5.91 Å². The third-order valence-corrected chi connectivity index (χ3v) is 3.42. The van der Waals surface area contributed by atoms with Gasteiger partial charge in [-0.2, -0.15) is 0 Å². The number of benzene rings is 1. The van der Waals surface area contributed by atoms with Crippen molar-refractivity contribution in [3.05, 3.63) is 23.8 Å². The first-order valence-electron chi connectivity index (χ1n) is 6.50. The van der Waals surface area contributed by atoms with Crippen LogP contribution in [0.3, 0.4) is 0 Å². The summed E-state index contributed by atoms with van der Waals surface area (Å²) in [6.45, 7) is 2.75. The molecule has 0 aliphatic carbocycles. The van der Waals surface area contributed by atoms with Gasteiger partial charge in [0.1, 0.15) is 6.54 Å². The van der Waals surface area contributed by atoms with Crippen LogP contribution in [0.25, 0.3) is 0 Å². The zero-order valence-electron chi connectivity index (χ0n) is 11.3. The molecule has 5 heteroatoms. The molecule has 1 aromatic rings. The number of carbonyl (C=O) groups excluding carboxylic acids is 2. The van der Waals surface area contributed by atoms with Gasteiger partial charge in [0.2, 0.25) is 5.91 Å². The number of anilines is 2. The van der Waals surface area contributed by atoms with E-state index in [2.05, 4.69) is 6.92 Å². The van der Waals surface area contributed by atoms with Gasteiger partial charge < -0.3 is 15.5 Å². The third kappa shape index (κ3) is 2.41. The number of likely N-dealkylation sites (N-methyl/N-ethyl adjacent to an activating group) is 1. The van der Waals surface area contributed by atoms with Crippen LogP contribution >= 0.6 is 0 Å². The van der Waals surface area contributed by atoms with Gasteiger partial charge in [-0.25, -0.2) is 0 Å². The summed E-state index contributed by atoms with van der Waals surface area (Å²) in [5, 5.41) is 0. The number of nitrogens with two attached hydrogens (primary N) is 1. The molecule has 0 bridgehead atoms. The Hall–Kier alpha value is -2.04. The van der Waals surface area contributed by atoms with Crippen molar-refractivity contribution in [1.82, 2.24) is 4.90 Å². The van der Waals surface area contributed by atoms with Gasteiger partial charge in [-0.05, 0) is 18.6 Å². The smallest absolute Gasteiger partial charge is 0.258 e. The predicted octanol–water partition coefficient (Wildman–Crippen LogP) is 1.49. The maximum atomic E-state index is 12.5. The Kier molecular flexibility index (Phi) is 3.74. The van der Waals surface area contributed by atoms with E-state index in [0.717, 1.165) is 12.8 Å². The molecule has 0 fully saturated rings. The van der Waals surface area contributed by atoms with Crippen molar-refractivity contribution in [2.45, 2.75) is 19.8 Å². The highest BCUT2D eigenvalue weighted by atomic mass is 16.2. The zero-order valence-corrected chi connectivity index (χ0v) is 11.3. The molecule has 0 atom stereocenters. The first-order chi connectivity index (χ1) is 9.06. The molecule has 0 saturated carbocycles. The predicted molar refractivity (Wildman–Crippen MR) is 75.1 cm³/mol. The second kappa shape index (κ2) is 5.30. The van der Waals surface area contributed by atoms with E-state index in [1.807, 2.05) is 0 Å². The average molecular weight is 261 g/mol. The number of unbranched alkanes of at least 4 members (excludes halogenated alkanes) is 1. The number of carbonyl (C=O) groups is 2. The summed E-state index contributed by atoms with van der Waals surface area (Å²) < 4.78 is 0. The van der Waals surface area contributed by atoms with Crippen LogP contribution in [0.4, 0.5) is 11.4 Å². The molecule has 1 heterocycles. The summed E-state index contributed by atoms with van der Waals surface area (Å²) in [4.78, 5) is 27.7. The van der Waals surface area contributed by atoms with Crippen LogP contribution in [0, 0.1) is 0 Å². The van der Waals surface area contributed by atoms with Crippen molar-refractivity contribution in [3.8, 4) is 0 Å². The minimum absolute atomic E-state index is 0.0891. The Morgan fingerprint density at radius 1 is 1.32 bits per heavy atom. The summed E-state index contributed by atoms with van der Waals surface area (Å²) in [7, 11) is 1.68. The molecule has 1 aromatic carbocycles. The number of rotatable bonds is 3. The van der Waals surface area contributed by atoms with Gasteiger partial charge in [-0.3, -0.25) is 9.59 Å². The summed E-state index contributed by atoms with van der Waals surface area (Å²) in [5.41, 5.74) is 7.36. The molecule has 0 aromatic heterocycles. The second-order valence-corrected chi connectivity index (χ2v) is 4.77. The van der Waals surface area contributed by atoms with Gasteiger partial charge >= 0.3 is 0 Å². The Bertz CT molecular complexity index is 513. The van der Waals surface area contributed by atoms with Crippen molar-refractivity contribution in [1.29, 1.82) is 0 Å². The topological polar surface area (TPSA) is 66.6 Å². The lowest BCUT2D eigenvalue weighted by Crippen LogP contribution is -2.38. The standard InChI is InChI=1S/C14H19N3O2/c1-3-4-8-17-9-12(18)16(2)11-7-5-6-10(15)13(11)14(17)19/h5-7H,3-4,8-9,15H2,1-2H3. The SMILES string of the molecule is CCCCN1CC(=O)N(C)c2cccc(N)c2C1=O. The van der Waals surface area contributed by atoms with Crippen LogP contribution in [0.2, 0.25) is 0 Å². The largest absolute Gasteiger partial charge is 0.398 e. The third-order valence-electron chi connectivity index (χ3n) is 3.42. The number of fused-ring (bicyclic) bond motifs is 1. The molecule has 1 aliphatic heterocycles. The lowest BCUT2D eigenvalue weighted by molar-refractivity contribution is -0.118. The van der Waals surface area contributed by atoms with Crippen LogP contribution in [0.15, 0.2) is 18.2 Å². The molecule has 0 unspecified atom stereocenters. The number of hydrogen-bond donors (Lipinski definition) is 1. The fraction of sp³-hybridized carbons (Fsp3) is 0.429. The lowest BCUT2D eigenvalue weighted by Gasteiger charge is -2.19. The first kappa shape index (κ1) is 13.4. The molecule has 0 radical (unpaired) electrons. The number of nitrogens with zero attached hydrogens (tertiary/aromatic N) is 2. The normalized spacial score (nSPS) is 15.5. The first-order valence-corrected chi connectivity index (χ1v) is 6.50. The molecule has 102 valence electrons. The minimum atomic E-state index is -0.153. The number of nitrogen functional groups attached to an aromatic ring is 1. The number of amides is 2. The number of hydrogen-bond acceptors (Lipinski definition) is 3. The zero-order chi connectivity index (χ0) is 14.0. The van der Waals surface area contributed by atoms with E-state index in [9.17, 15) is 9.59 Å². The monoisotopic (exact) mass is 261 g/mol. The minimum Gasteiger partial charge on any atom is -0.398 e. The van der Waals surface area contributed by atoms with Crippen molar-refractivity contribution in [2.24, 2.45) is 0 Å². The quantitative estimate of drug-likeness (QED) is 0.838. The molecule has 5 nitrogen and oxygen atoms in total. The second-order valence-electron chi connectivity index (χ2n) is 4.77. The molecule has 1 aliphatic rings. The molecule has 2 N–H and O–H groups in total. The van der Waals surface area contributed by atoms with Crippen molar-refractivity contribution in [3.63, 3.8) is 0 Å². The Morgan fingerprint density at radius 3 is 2.74 bits per heavy atom. The van der Waals surface area contributed by atoms with Crippen LogP contribution in [0.5, 0.6) is 0 Å². The van der Waals surface area contributed by atoms with Crippen LogP contribution in [0.1, 0.15) is 30.1 Å². The highest BCUT2D eigenvalue weighted by Gasteiger charge is 2.30. The van der Waals surface area contributed by atoms with Crippen molar-refractivity contribution >= 4 is 23.2 Å². The maximum absolute atomic E-state index is 12.5. The average Bonchev–Trinajstić information content (AvgIpc) is 2.48. The fourth-order valence-corrected chi connectivity index (χ4v) is 2.23. The Balaban J connectivity index is 2.46. The fourth-order valence-electron chi connectivity index (χ4n) is 2.23. The van der Waals surface area contributed by atoms with Gasteiger partial charge in [0, 0.05) is 19.3 Å². The molecule has 19 heavy (non-hydrogen) atoms. The molecule has 2 rings (SSSR count). The van der Waals surface area contributed by atoms with Gasteiger partial charge in [0.15, 0.2) is 0 Å². The van der Waals surface area contributed by atoms with Gasteiger partial charge in [0.05, 0.1) is 11.3 Å². The van der Waals surface area contributed by atoms with E-state index in [0.29, 0.717) is 23.5 Å². The summed E-state index contributed by atoms with van der Waals surface area (Å²) in [5.74, 6) is -0.243. The summed E-state index contributed by atoms with van der Waals surface area (Å²) in [6.07, 6.45) is 1.86. The van der Waals surface area contributed by atoms with E-state index in [-0.39, 0.29) is 18.4 Å². The van der Waals surface area contributed by atoms with Crippen molar-refractivity contribution in [2.75, 3.05) is 30.8 Å². The molecule has 0 spiro atoms. The van der Waals surface area contributed by atoms with E-state index in [1.54, 1.807) is 30.1 Å². The van der Waals surface area contributed by atoms with E-state index in [4.69, 9.17) is 5.73 Å². The molecular weight excluding hydrogens is 242 g/mol.